The van der Waals surface area contributed by atoms with Crippen LogP contribution in [0, 0.1) is 0 Å². The first-order valence-corrected chi connectivity index (χ1v) is 10.0. The van der Waals surface area contributed by atoms with Crippen LogP contribution in [0.3, 0.4) is 0 Å². The third-order valence-electron chi connectivity index (χ3n) is 6.74. The van der Waals surface area contributed by atoms with E-state index < -0.39 is 0 Å². The molecule has 1 N–H and O–H groups in total. The molecule has 5 rings (SSSR count). The molecule has 132 valence electrons. The maximum atomic E-state index is 3.50. The molecular formula is C22H29N3. The minimum absolute atomic E-state index is 0.692. The second kappa shape index (κ2) is 6.30. The predicted octanol–water partition coefficient (Wildman–Crippen LogP) is 4.06. The summed E-state index contributed by atoms with van der Waals surface area (Å²) in [5.74, 6) is 0. The number of aromatic amines is 1. The van der Waals surface area contributed by atoms with Crippen LogP contribution in [-0.4, -0.2) is 53.5 Å². The van der Waals surface area contributed by atoms with Crippen molar-refractivity contribution in [2.75, 3.05) is 26.7 Å². The fourth-order valence-corrected chi connectivity index (χ4v) is 5.18. The van der Waals surface area contributed by atoms with Gasteiger partial charge in [-0.3, -0.25) is 4.90 Å². The van der Waals surface area contributed by atoms with Gasteiger partial charge in [0.1, 0.15) is 0 Å². The Morgan fingerprint density at radius 2 is 2.04 bits per heavy atom. The molecule has 25 heavy (non-hydrogen) atoms. The van der Waals surface area contributed by atoms with Gasteiger partial charge in [0.15, 0.2) is 0 Å². The molecule has 3 nitrogen and oxygen atoms in total. The third kappa shape index (κ3) is 2.84. The smallest absolute Gasteiger partial charge is 0.0457 e. The van der Waals surface area contributed by atoms with E-state index in [1.54, 1.807) is 5.57 Å². The number of fused-ring (bicyclic) bond motifs is 2. The molecule has 0 aliphatic carbocycles. The largest absolute Gasteiger partial charge is 0.361 e. The van der Waals surface area contributed by atoms with Crippen LogP contribution in [0.2, 0.25) is 0 Å². The summed E-state index contributed by atoms with van der Waals surface area (Å²) >= 11 is 0. The van der Waals surface area contributed by atoms with Gasteiger partial charge in [0.05, 0.1) is 0 Å². The van der Waals surface area contributed by atoms with Crippen LogP contribution >= 0.6 is 0 Å². The highest BCUT2D eigenvalue weighted by atomic mass is 15.2. The maximum absolute atomic E-state index is 3.50. The van der Waals surface area contributed by atoms with Crippen molar-refractivity contribution < 1.29 is 0 Å². The molecule has 2 fully saturated rings. The normalized spacial score (nSPS) is 27.8. The Morgan fingerprint density at radius 3 is 2.92 bits per heavy atom. The van der Waals surface area contributed by atoms with Crippen LogP contribution in [0.4, 0.5) is 0 Å². The highest BCUT2D eigenvalue weighted by Gasteiger charge is 2.27. The van der Waals surface area contributed by atoms with Crippen molar-refractivity contribution in [3.8, 4) is 0 Å². The number of likely N-dealkylation sites (N-methyl/N-ethyl adjacent to an activating group) is 1. The Balaban J connectivity index is 1.45. The first kappa shape index (κ1) is 15.7. The van der Waals surface area contributed by atoms with Crippen LogP contribution in [-0.2, 0) is 6.42 Å². The highest BCUT2D eigenvalue weighted by molar-refractivity contribution is 5.87. The second-order valence-corrected chi connectivity index (χ2v) is 8.24. The first-order chi connectivity index (χ1) is 12.3. The van der Waals surface area contributed by atoms with E-state index in [2.05, 4.69) is 52.3 Å². The molecule has 0 spiro atoms. The predicted molar refractivity (Wildman–Crippen MR) is 105 cm³/mol. The summed E-state index contributed by atoms with van der Waals surface area (Å²) in [5.41, 5.74) is 5.79. The van der Waals surface area contributed by atoms with Gasteiger partial charge in [0.25, 0.3) is 0 Å². The topological polar surface area (TPSA) is 22.3 Å². The molecule has 0 bridgehead atoms. The number of nitrogens with zero attached hydrogens (tertiary/aromatic N) is 2. The lowest BCUT2D eigenvalue weighted by molar-refractivity contribution is 0.288. The summed E-state index contributed by atoms with van der Waals surface area (Å²) in [5, 5.41) is 1.44. The minimum atomic E-state index is 0.692. The van der Waals surface area contributed by atoms with E-state index in [0.29, 0.717) is 12.1 Å². The summed E-state index contributed by atoms with van der Waals surface area (Å²) in [6, 6.07) is 8.46. The second-order valence-electron chi connectivity index (χ2n) is 8.24. The van der Waals surface area contributed by atoms with Gasteiger partial charge in [-0.05, 0) is 87.5 Å². The van der Waals surface area contributed by atoms with Crippen molar-refractivity contribution in [1.29, 1.82) is 0 Å². The number of hydrogen-bond donors (Lipinski definition) is 1. The van der Waals surface area contributed by atoms with E-state index in [9.17, 15) is 0 Å². The standard InChI is InChI=1S/C22H29N3/c1-24-9-2-4-19(24)13-18-15-23-22-7-6-16(14-21(18)22)17-8-11-25-10-3-5-20(25)12-17/h6-7,12,14-15,19-20,23H,2-5,8-11,13H2,1H3/t19-,20?/m1/s1. The lowest BCUT2D eigenvalue weighted by Gasteiger charge is -2.28. The molecule has 4 heterocycles. The lowest BCUT2D eigenvalue weighted by atomic mass is 9.94. The number of rotatable bonds is 3. The number of hydrogen-bond acceptors (Lipinski definition) is 2. The van der Waals surface area contributed by atoms with Gasteiger partial charge in [-0.2, -0.15) is 0 Å². The Labute approximate surface area is 150 Å². The van der Waals surface area contributed by atoms with Gasteiger partial charge in [-0.25, -0.2) is 0 Å². The lowest BCUT2D eigenvalue weighted by Crippen LogP contribution is -2.32. The van der Waals surface area contributed by atoms with Crippen molar-refractivity contribution in [3.63, 3.8) is 0 Å². The highest BCUT2D eigenvalue weighted by Crippen LogP contribution is 2.33. The van der Waals surface area contributed by atoms with E-state index in [1.165, 1.54) is 80.2 Å². The number of aromatic nitrogens is 1. The molecule has 0 radical (unpaired) electrons. The number of likely N-dealkylation sites (tertiary alicyclic amines) is 1. The molecule has 1 unspecified atom stereocenters. The van der Waals surface area contributed by atoms with Crippen molar-refractivity contribution in [2.45, 2.75) is 50.6 Å². The molecule has 3 aliphatic heterocycles. The average molecular weight is 335 g/mol. The van der Waals surface area contributed by atoms with E-state index in [0.717, 1.165) is 0 Å². The molecule has 0 saturated carbocycles. The van der Waals surface area contributed by atoms with Gasteiger partial charge >= 0.3 is 0 Å². The van der Waals surface area contributed by atoms with Crippen LogP contribution in [0.1, 0.15) is 43.2 Å². The van der Waals surface area contributed by atoms with E-state index in [4.69, 9.17) is 0 Å². The average Bonchev–Trinajstić information content (AvgIpc) is 3.35. The Morgan fingerprint density at radius 1 is 1.12 bits per heavy atom. The zero-order valence-corrected chi connectivity index (χ0v) is 15.3. The summed E-state index contributed by atoms with van der Waals surface area (Å²) in [6.07, 6.45) is 12.6. The molecule has 3 aliphatic rings. The zero-order valence-electron chi connectivity index (χ0n) is 15.3. The fraction of sp³-hybridized carbons (Fsp3) is 0.545. The van der Waals surface area contributed by atoms with Gasteiger partial charge < -0.3 is 9.88 Å². The van der Waals surface area contributed by atoms with Crippen LogP contribution in [0.25, 0.3) is 16.5 Å². The van der Waals surface area contributed by atoms with Gasteiger partial charge in [0, 0.05) is 35.7 Å². The van der Waals surface area contributed by atoms with E-state index in [1.807, 2.05) is 0 Å². The van der Waals surface area contributed by atoms with Crippen molar-refractivity contribution in [3.05, 3.63) is 41.6 Å². The molecule has 2 atom stereocenters. The minimum Gasteiger partial charge on any atom is -0.361 e. The third-order valence-corrected chi connectivity index (χ3v) is 6.74. The Kier molecular flexibility index (Phi) is 3.94. The maximum Gasteiger partial charge on any atom is 0.0457 e. The number of H-pyrrole nitrogens is 1. The van der Waals surface area contributed by atoms with Crippen LogP contribution in [0.15, 0.2) is 30.5 Å². The fourth-order valence-electron chi connectivity index (χ4n) is 5.18. The van der Waals surface area contributed by atoms with Gasteiger partial charge in [0.2, 0.25) is 0 Å². The van der Waals surface area contributed by atoms with Crippen molar-refractivity contribution >= 4 is 16.5 Å². The van der Waals surface area contributed by atoms with E-state index in [-0.39, 0.29) is 0 Å². The quantitative estimate of drug-likeness (QED) is 0.914. The van der Waals surface area contributed by atoms with Gasteiger partial charge in [-0.1, -0.05) is 12.1 Å². The summed E-state index contributed by atoms with van der Waals surface area (Å²) in [6.45, 7) is 3.79. The molecule has 1 aromatic carbocycles. The number of nitrogens with one attached hydrogen (secondary N) is 1. The van der Waals surface area contributed by atoms with Crippen LogP contribution in [0.5, 0.6) is 0 Å². The summed E-state index contributed by atoms with van der Waals surface area (Å²) in [7, 11) is 2.28. The molecule has 2 saturated heterocycles. The first-order valence-electron chi connectivity index (χ1n) is 10.0. The van der Waals surface area contributed by atoms with Crippen molar-refractivity contribution in [1.82, 2.24) is 14.8 Å². The SMILES string of the molecule is CN1CCC[C@@H]1Cc1c[nH]c2ccc(C3=CC4CCCN4CC3)cc12. The number of benzene rings is 1. The van der Waals surface area contributed by atoms with E-state index >= 15 is 0 Å². The molecule has 1 aromatic heterocycles. The monoisotopic (exact) mass is 335 g/mol. The molecular weight excluding hydrogens is 306 g/mol. The van der Waals surface area contributed by atoms with Crippen molar-refractivity contribution in [2.24, 2.45) is 0 Å². The molecule has 0 amide bonds. The van der Waals surface area contributed by atoms with Crippen LogP contribution < -0.4 is 0 Å². The summed E-state index contributed by atoms with van der Waals surface area (Å²) in [4.78, 5) is 8.68. The molecule has 3 heteroatoms. The summed E-state index contributed by atoms with van der Waals surface area (Å²) < 4.78 is 0. The Hall–Kier alpha value is -1.58. The molecule has 2 aromatic rings. The Bertz CT molecular complexity index is 803. The van der Waals surface area contributed by atoms with Gasteiger partial charge in [-0.15, -0.1) is 0 Å². The zero-order chi connectivity index (χ0) is 16.8.